The molecule has 1 aliphatic heterocycles. The Morgan fingerprint density at radius 2 is 2.28 bits per heavy atom. The molecule has 18 heavy (non-hydrogen) atoms. The van der Waals surface area contributed by atoms with E-state index in [1.807, 2.05) is 26.0 Å². The molecule has 0 bridgehead atoms. The molecule has 0 amide bonds. The minimum atomic E-state index is -0.128. The lowest BCUT2D eigenvalue weighted by Gasteiger charge is -2.27. The highest BCUT2D eigenvalue weighted by Crippen LogP contribution is 2.37. The topological polar surface area (TPSA) is 52.3 Å². The largest absolute Gasteiger partial charge is 0.478 e. The molecule has 4 heteroatoms. The first-order valence-corrected chi connectivity index (χ1v) is 7.29. The predicted molar refractivity (Wildman–Crippen MR) is 75.3 cm³/mol. The van der Waals surface area contributed by atoms with E-state index in [4.69, 9.17) is 10.5 Å². The van der Waals surface area contributed by atoms with Crippen molar-refractivity contribution in [1.82, 2.24) is 0 Å². The van der Waals surface area contributed by atoms with Crippen molar-refractivity contribution in [2.45, 2.75) is 38.7 Å². The van der Waals surface area contributed by atoms with Crippen molar-refractivity contribution < 1.29 is 9.53 Å². The number of carbonyl (C=O) groups excluding carboxylic acids is 1. The van der Waals surface area contributed by atoms with Crippen molar-refractivity contribution in [3.63, 3.8) is 0 Å². The van der Waals surface area contributed by atoms with Crippen LogP contribution in [0.3, 0.4) is 0 Å². The van der Waals surface area contributed by atoms with Crippen molar-refractivity contribution >= 4 is 17.5 Å². The summed E-state index contributed by atoms with van der Waals surface area (Å²) in [7, 11) is 0. The second kappa shape index (κ2) is 5.33. The molecule has 0 saturated carbocycles. The van der Waals surface area contributed by atoms with E-state index in [1.165, 1.54) is 0 Å². The minimum Gasteiger partial charge on any atom is -0.478 e. The zero-order chi connectivity index (χ0) is 13.3. The highest BCUT2D eigenvalue weighted by Gasteiger charge is 2.29. The number of nitrogens with two attached hydrogens (primary N) is 1. The lowest BCUT2D eigenvalue weighted by atomic mass is 9.95. The van der Waals surface area contributed by atoms with E-state index in [-0.39, 0.29) is 17.3 Å². The molecular weight excluding hydrogens is 246 g/mol. The molecule has 2 rings (SSSR count). The molecule has 0 aliphatic carbocycles. The van der Waals surface area contributed by atoms with E-state index in [0.717, 1.165) is 16.9 Å². The number of fused-ring (bicyclic) bond motifs is 1. The van der Waals surface area contributed by atoms with Gasteiger partial charge in [0, 0.05) is 11.6 Å². The van der Waals surface area contributed by atoms with E-state index in [0.29, 0.717) is 17.7 Å². The van der Waals surface area contributed by atoms with Gasteiger partial charge in [-0.1, -0.05) is 13.0 Å². The monoisotopic (exact) mass is 265 g/mol. The Morgan fingerprint density at radius 3 is 2.89 bits per heavy atom. The molecule has 0 fully saturated rings. The van der Waals surface area contributed by atoms with Crippen LogP contribution < -0.4 is 10.5 Å². The third-order valence-electron chi connectivity index (χ3n) is 3.01. The summed E-state index contributed by atoms with van der Waals surface area (Å²) in [4.78, 5) is 12.2. The first kappa shape index (κ1) is 13.4. The van der Waals surface area contributed by atoms with Crippen LogP contribution in [0.15, 0.2) is 12.1 Å². The van der Waals surface area contributed by atoms with Crippen molar-refractivity contribution in [1.29, 1.82) is 0 Å². The molecule has 0 spiro atoms. The van der Waals surface area contributed by atoms with Crippen LogP contribution >= 0.6 is 11.8 Å². The third kappa shape index (κ3) is 2.54. The van der Waals surface area contributed by atoms with Crippen molar-refractivity contribution in [3.05, 3.63) is 28.8 Å². The Balaban J connectivity index is 2.46. The van der Waals surface area contributed by atoms with Crippen LogP contribution in [0, 0.1) is 6.92 Å². The predicted octanol–water partition coefficient (Wildman–Crippen LogP) is 3.06. The summed E-state index contributed by atoms with van der Waals surface area (Å²) < 4.78 is 5.95. The van der Waals surface area contributed by atoms with Crippen LogP contribution in [0.5, 0.6) is 5.75 Å². The number of thioether (sulfide) groups is 1. The van der Waals surface area contributed by atoms with Crippen LogP contribution in [0.2, 0.25) is 0 Å². The maximum absolute atomic E-state index is 12.2. The molecule has 1 heterocycles. The molecule has 1 aliphatic rings. The number of ketones is 1. The van der Waals surface area contributed by atoms with Crippen molar-refractivity contribution in [2.24, 2.45) is 5.73 Å². The molecule has 1 aromatic carbocycles. The number of Topliss-reactive ketones (excluding diaryl/α,β-unsaturated/α-hetero) is 1. The van der Waals surface area contributed by atoms with Crippen LogP contribution in [-0.4, -0.2) is 17.0 Å². The molecular formula is C14H19NO2S. The van der Waals surface area contributed by atoms with E-state index in [1.54, 1.807) is 11.8 Å². The molecule has 0 saturated heterocycles. The number of hydrogen-bond acceptors (Lipinski definition) is 4. The molecule has 1 unspecified atom stereocenters. The minimum absolute atomic E-state index is 0.0739. The zero-order valence-corrected chi connectivity index (χ0v) is 11.8. The fourth-order valence-electron chi connectivity index (χ4n) is 2.19. The second-order valence-electron chi connectivity index (χ2n) is 4.65. The first-order chi connectivity index (χ1) is 8.52. The van der Waals surface area contributed by atoms with Gasteiger partial charge in [-0.25, -0.2) is 0 Å². The van der Waals surface area contributed by atoms with Crippen molar-refractivity contribution in [2.75, 3.05) is 5.75 Å². The summed E-state index contributed by atoms with van der Waals surface area (Å²) in [5.74, 6) is 1.79. The van der Waals surface area contributed by atoms with Gasteiger partial charge in [-0.2, -0.15) is 0 Å². The Labute approximate surface area is 112 Å². The van der Waals surface area contributed by atoms with Gasteiger partial charge >= 0.3 is 0 Å². The zero-order valence-electron chi connectivity index (χ0n) is 11.0. The number of benzene rings is 1. The maximum atomic E-state index is 12.2. The van der Waals surface area contributed by atoms with Gasteiger partial charge in [-0.3, -0.25) is 4.79 Å². The van der Waals surface area contributed by atoms with E-state index < -0.39 is 0 Å². The Hall–Kier alpha value is -1.00. The first-order valence-electron chi connectivity index (χ1n) is 6.24. The number of carbonyl (C=O) groups is 1. The van der Waals surface area contributed by atoms with Gasteiger partial charge < -0.3 is 10.5 Å². The highest BCUT2D eigenvalue weighted by atomic mass is 32.2. The van der Waals surface area contributed by atoms with E-state index in [2.05, 4.69) is 6.92 Å². The standard InChI is InChI=1S/C14H19NO2S/c1-4-18-13-7-12(16)11-6-8(2)5-10(9(3)15)14(11)17-13/h5-6,9,13H,4,7,15H2,1-3H3/t9-,13?/m1/s1. The Bertz CT molecular complexity index is 471. The molecule has 0 aromatic heterocycles. The number of ether oxygens (including phenoxy) is 1. The quantitative estimate of drug-likeness (QED) is 0.912. The average Bonchev–Trinajstić information content (AvgIpc) is 2.29. The molecule has 0 radical (unpaired) electrons. The Morgan fingerprint density at radius 1 is 1.56 bits per heavy atom. The maximum Gasteiger partial charge on any atom is 0.171 e. The summed E-state index contributed by atoms with van der Waals surface area (Å²) in [6, 6.07) is 3.78. The summed E-state index contributed by atoms with van der Waals surface area (Å²) >= 11 is 1.66. The Kier molecular flexibility index (Phi) is 3.97. The van der Waals surface area contributed by atoms with Gasteiger partial charge in [0.05, 0.1) is 12.0 Å². The third-order valence-corrected chi connectivity index (χ3v) is 3.97. The fourth-order valence-corrected chi connectivity index (χ4v) is 3.00. The molecule has 98 valence electrons. The smallest absolute Gasteiger partial charge is 0.171 e. The van der Waals surface area contributed by atoms with Gasteiger partial charge in [-0.15, -0.1) is 11.8 Å². The molecule has 2 N–H and O–H groups in total. The number of hydrogen-bond donors (Lipinski definition) is 1. The SMILES string of the molecule is CCSC1CC(=O)c2cc(C)cc([C@@H](C)N)c2O1. The van der Waals surface area contributed by atoms with Crippen LogP contribution in [0.4, 0.5) is 0 Å². The molecule has 2 atom stereocenters. The van der Waals surface area contributed by atoms with Gasteiger partial charge in [0.1, 0.15) is 5.75 Å². The van der Waals surface area contributed by atoms with Gasteiger partial charge in [0.2, 0.25) is 0 Å². The van der Waals surface area contributed by atoms with Crippen LogP contribution in [-0.2, 0) is 0 Å². The highest BCUT2D eigenvalue weighted by molar-refractivity contribution is 7.99. The number of rotatable bonds is 3. The molecule has 3 nitrogen and oxygen atoms in total. The van der Waals surface area contributed by atoms with E-state index >= 15 is 0 Å². The average molecular weight is 265 g/mol. The lowest BCUT2D eigenvalue weighted by Crippen LogP contribution is -2.26. The summed E-state index contributed by atoms with van der Waals surface area (Å²) in [5, 5.41) is 0. The number of aryl methyl sites for hydroxylation is 1. The van der Waals surface area contributed by atoms with Gasteiger partial charge in [0.15, 0.2) is 11.2 Å². The second-order valence-corrected chi connectivity index (χ2v) is 6.09. The summed E-state index contributed by atoms with van der Waals surface area (Å²) in [5.41, 5.74) is 8.58. The fraction of sp³-hybridized carbons (Fsp3) is 0.500. The van der Waals surface area contributed by atoms with Crippen LogP contribution in [0.1, 0.15) is 47.8 Å². The molecule has 1 aromatic rings. The lowest BCUT2D eigenvalue weighted by molar-refractivity contribution is 0.0916. The van der Waals surface area contributed by atoms with Crippen molar-refractivity contribution in [3.8, 4) is 5.75 Å². The van der Waals surface area contributed by atoms with Crippen LogP contribution in [0.25, 0.3) is 0 Å². The van der Waals surface area contributed by atoms with Gasteiger partial charge in [-0.05, 0) is 31.2 Å². The summed E-state index contributed by atoms with van der Waals surface area (Å²) in [6.45, 7) is 5.96. The summed E-state index contributed by atoms with van der Waals surface area (Å²) in [6.07, 6.45) is 0.452. The normalized spacial score (nSPS) is 20.2. The van der Waals surface area contributed by atoms with Gasteiger partial charge in [0.25, 0.3) is 0 Å². The van der Waals surface area contributed by atoms with E-state index in [9.17, 15) is 4.79 Å².